The van der Waals surface area contributed by atoms with Gasteiger partial charge in [-0.1, -0.05) is 0 Å². The van der Waals surface area contributed by atoms with Crippen molar-refractivity contribution >= 4 is 5.91 Å². The second-order valence-corrected chi connectivity index (χ2v) is 3.84. The molecular formula is C9H16N2O2. The summed E-state index contributed by atoms with van der Waals surface area (Å²) in [6.45, 7) is 1.55. The third-order valence-electron chi connectivity index (χ3n) is 3.08. The van der Waals surface area contributed by atoms with Gasteiger partial charge in [-0.2, -0.15) is 0 Å². The number of aliphatic hydroxyl groups is 1. The summed E-state index contributed by atoms with van der Waals surface area (Å²) < 4.78 is 0. The van der Waals surface area contributed by atoms with Crippen molar-refractivity contribution in [2.45, 2.75) is 31.3 Å². The van der Waals surface area contributed by atoms with E-state index in [9.17, 15) is 4.79 Å². The van der Waals surface area contributed by atoms with Gasteiger partial charge in [0.1, 0.15) is 6.61 Å². The molecule has 0 saturated carbocycles. The van der Waals surface area contributed by atoms with Crippen LogP contribution >= 0.6 is 0 Å². The van der Waals surface area contributed by atoms with Crippen LogP contribution in [-0.2, 0) is 4.79 Å². The number of hydrogen-bond acceptors (Lipinski definition) is 3. The third kappa shape index (κ3) is 1.56. The molecule has 1 amide bonds. The monoisotopic (exact) mass is 184 g/mol. The third-order valence-corrected chi connectivity index (χ3v) is 3.08. The number of nitrogens with zero attached hydrogens (tertiary/aromatic N) is 1. The highest BCUT2D eigenvalue weighted by Crippen LogP contribution is 2.27. The van der Waals surface area contributed by atoms with E-state index < -0.39 is 0 Å². The number of rotatable bonds is 1. The minimum Gasteiger partial charge on any atom is -0.387 e. The summed E-state index contributed by atoms with van der Waals surface area (Å²) in [5.74, 6) is -0.101. The minimum absolute atomic E-state index is 0.101. The van der Waals surface area contributed by atoms with Crippen LogP contribution in [0.5, 0.6) is 0 Å². The molecule has 4 nitrogen and oxygen atoms in total. The maximum Gasteiger partial charge on any atom is 0.248 e. The molecule has 2 atom stereocenters. The number of hydrogen-bond donors (Lipinski definition) is 2. The Morgan fingerprint density at radius 1 is 1.38 bits per heavy atom. The smallest absolute Gasteiger partial charge is 0.248 e. The number of fused-ring (bicyclic) bond motifs is 2. The number of carbonyl (C=O) groups excluding carboxylic acids is 1. The van der Waals surface area contributed by atoms with E-state index in [1.807, 2.05) is 4.90 Å². The summed E-state index contributed by atoms with van der Waals surface area (Å²) in [5.41, 5.74) is 0. The molecule has 0 radical (unpaired) electrons. The van der Waals surface area contributed by atoms with Gasteiger partial charge in [0, 0.05) is 18.6 Å². The first-order valence-electron chi connectivity index (χ1n) is 4.95. The maximum absolute atomic E-state index is 11.4. The summed E-state index contributed by atoms with van der Waals surface area (Å²) >= 11 is 0. The number of carbonyl (C=O) groups is 1. The van der Waals surface area contributed by atoms with E-state index in [0.29, 0.717) is 12.1 Å². The highest BCUT2D eigenvalue weighted by Gasteiger charge is 2.37. The molecule has 2 unspecified atom stereocenters. The van der Waals surface area contributed by atoms with Gasteiger partial charge in [0.25, 0.3) is 0 Å². The molecule has 13 heavy (non-hydrogen) atoms. The second-order valence-electron chi connectivity index (χ2n) is 3.84. The number of nitrogens with one attached hydrogen (secondary N) is 1. The molecule has 0 aromatic heterocycles. The Kier molecular flexibility index (Phi) is 2.51. The minimum atomic E-state index is -0.340. The van der Waals surface area contributed by atoms with Gasteiger partial charge in [-0.25, -0.2) is 0 Å². The van der Waals surface area contributed by atoms with Crippen molar-refractivity contribution in [2.75, 3.05) is 19.7 Å². The van der Waals surface area contributed by atoms with E-state index >= 15 is 0 Å². The van der Waals surface area contributed by atoms with E-state index in [2.05, 4.69) is 5.32 Å². The standard InChI is InChI=1S/C9H16N2O2/c12-6-9(13)11-7-1-2-8(11)5-10-4-3-7/h7-8,10,12H,1-6H2. The lowest BCUT2D eigenvalue weighted by Crippen LogP contribution is -2.43. The van der Waals surface area contributed by atoms with Crippen molar-refractivity contribution in [3.8, 4) is 0 Å². The van der Waals surface area contributed by atoms with Crippen LogP contribution in [0.4, 0.5) is 0 Å². The molecule has 4 heteroatoms. The summed E-state index contributed by atoms with van der Waals surface area (Å²) in [7, 11) is 0. The largest absolute Gasteiger partial charge is 0.387 e. The zero-order chi connectivity index (χ0) is 9.26. The summed E-state index contributed by atoms with van der Waals surface area (Å²) in [5, 5.41) is 12.1. The van der Waals surface area contributed by atoms with Gasteiger partial charge in [-0.15, -0.1) is 0 Å². The number of aliphatic hydroxyl groups excluding tert-OH is 1. The molecule has 0 aliphatic carbocycles. The molecule has 0 aromatic carbocycles. The Morgan fingerprint density at radius 3 is 2.92 bits per heavy atom. The Morgan fingerprint density at radius 2 is 2.15 bits per heavy atom. The molecule has 2 bridgehead atoms. The molecule has 0 spiro atoms. The predicted octanol–water partition coefficient (Wildman–Crippen LogP) is -0.668. The first-order valence-corrected chi connectivity index (χ1v) is 4.95. The summed E-state index contributed by atoms with van der Waals surface area (Å²) in [4.78, 5) is 13.3. The van der Waals surface area contributed by atoms with Gasteiger partial charge < -0.3 is 15.3 Å². The van der Waals surface area contributed by atoms with Crippen LogP contribution in [0.1, 0.15) is 19.3 Å². The normalized spacial score (nSPS) is 33.2. The molecule has 2 aliphatic rings. The Labute approximate surface area is 77.9 Å². The van der Waals surface area contributed by atoms with E-state index in [1.54, 1.807) is 0 Å². The van der Waals surface area contributed by atoms with Crippen LogP contribution in [0.15, 0.2) is 0 Å². The average Bonchev–Trinajstić information content (AvgIpc) is 2.38. The SMILES string of the molecule is O=C(CO)N1C2CCNCC1CC2. The van der Waals surface area contributed by atoms with Crippen molar-refractivity contribution in [3.05, 3.63) is 0 Å². The lowest BCUT2D eigenvalue weighted by atomic mass is 10.1. The first-order chi connectivity index (χ1) is 6.33. The van der Waals surface area contributed by atoms with Gasteiger partial charge in [-0.05, 0) is 25.8 Å². The first kappa shape index (κ1) is 8.97. The van der Waals surface area contributed by atoms with Crippen LogP contribution in [-0.4, -0.2) is 47.7 Å². The van der Waals surface area contributed by atoms with Crippen LogP contribution in [0.25, 0.3) is 0 Å². The van der Waals surface area contributed by atoms with E-state index in [1.165, 1.54) is 0 Å². The Balaban J connectivity index is 2.11. The fourth-order valence-corrected chi connectivity index (χ4v) is 2.47. The predicted molar refractivity (Wildman–Crippen MR) is 48.2 cm³/mol. The second kappa shape index (κ2) is 3.64. The molecule has 74 valence electrons. The van der Waals surface area contributed by atoms with Crippen molar-refractivity contribution in [1.29, 1.82) is 0 Å². The molecule has 2 heterocycles. The number of amides is 1. The molecule has 2 aliphatic heterocycles. The van der Waals surface area contributed by atoms with E-state index in [-0.39, 0.29) is 12.5 Å². The molecule has 2 N–H and O–H groups in total. The van der Waals surface area contributed by atoms with Gasteiger partial charge in [-0.3, -0.25) is 4.79 Å². The lowest BCUT2D eigenvalue weighted by Gasteiger charge is -2.26. The summed E-state index contributed by atoms with van der Waals surface area (Å²) in [6.07, 6.45) is 3.23. The zero-order valence-corrected chi connectivity index (χ0v) is 7.70. The molecule has 2 saturated heterocycles. The van der Waals surface area contributed by atoms with Crippen LogP contribution in [0, 0.1) is 0 Å². The maximum atomic E-state index is 11.4. The van der Waals surface area contributed by atoms with Gasteiger partial charge >= 0.3 is 0 Å². The molecule has 2 fully saturated rings. The van der Waals surface area contributed by atoms with E-state index in [4.69, 9.17) is 5.11 Å². The average molecular weight is 184 g/mol. The molecule has 2 rings (SSSR count). The molecule has 0 aromatic rings. The van der Waals surface area contributed by atoms with Crippen molar-refractivity contribution in [1.82, 2.24) is 10.2 Å². The van der Waals surface area contributed by atoms with Crippen LogP contribution in [0.3, 0.4) is 0 Å². The van der Waals surface area contributed by atoms with Gasteiger partial charge in [0.15, 0.2) is 0 Å². The highest BCUT2D eigenvalue weighted by molar-refractivity contribution is 5.78. The lowest BCUT2D eigenvalue weighted by molar-refractivity contribution is -0.136. The summed E-state index contributed by atoms with van der Waals surface area (Å²) in [6, 6.07) is 0.701. The highest BCUT2D eigenvalue weighted by atomic mass is 16.3. The van der Waals surface area contributed by atoms with Gasteiger partial charge in [0.05, 0.1) is 0 Å². The van der Waals surface area contributed by atoms with Crippen LogP contribution < -0.4 is 5.32 Å². The Bertz CT molecular complexity index is 194. The molecular weight excluding hydrogens is 168 g/mol. The van der Waals surface area contributed by atoms with Crippen molar-refractivity contribution in [3.63, 3.8) is 0 Å². The van der Waals surface area contributed by atoms with Crippen molar-refractivity contribution in [2.24, 2.45) is 0 Å². The fraction of sp³-hybridized carbons (Fsp3) is 0.889. The van der Waals surface area contributed by atoms with E-state index in [0.717, 1.165) is 32.4 Å². The topological polar surface area (TPSA) is 52.6 Å². The van der Waals surface area contributed by atoms with Crippen molar-refractivity contribution < 1.29 is 9.90 Å². The van der Waals surface area contributed by atoms with Gasteiger partial charge in [0.2, 0.25) is 5.91 Å². The van der Waals surface area contributed by atoms with Crippen LogP contribution in [0.2, 0.25) is 0 Å². The quantitative estimate of drug-likeness (QED) is 0.568. The zero-order valence-electron chi connectivity index (χ0n) is 7.70. The fourth-order valence-electron chi connectivity index (χ4n) is 2.47. The Hall–Kier alpha value is -0.610.